The van der Waals surface area contributed by atoms with Crippen LogP contribution in [0.3, 0.4) is 0 Å². The third-order valence-electron chi connectivity index (χ3n) is 0.955. The van der Waals surface area contributed by atoms with Crippen LogP contribution in [-0.2, 0) is 4.52 Å². The second kappa shape index (κ2) is 2.95. The SMILES string of the molecule is FC1=CC=CC(OP)N1. The highest BCUT2D eigenvalue weighted by Gasteiger charge is 2.05. The number of dihydropyridines is 1. The van der Waals surface area contributed by atoms with Crippen molar-refractivity contribution in [2.45, 2.75) is 6.23 Å². The minimum atomic E-state index is -0.370. The Morgan fingerprint density at radius 3 is 3.00 bits per heavy atom. The maximum Gasteiger partial charge on any atom is 0.189 e. The summed E-state index contributed by atoms with van der Waals surface area (Å²) < 4.78 is 16.9. The third-order valence-corrected chi connectivity index (χ3v) is 1.25. The minimum Gasteiger partial charge on any atom is -0.339 e. The van der Waals surface area contributed by atoms with Gasteiger partial charge in [0.25, 0.3) is 0 Å². The first-order chi connectivity index (χ1) is 4.33. The van der Waals surface area contributed by atoms with E-state index in [2.05, 4.69) is 14.8 Å². The van der Waals surface area contributed by atoms with E-state index in [0.717, 1.165) is 0 Å². The molecule has 0 saturated carbocycles. The van der Waals surface area contributed by atoms with Crippen molar-refractivity contribution in [2.24, 2.45) is 0 Å². The Morgan fingerprint density at radius 2 is 2.56 bits per heavy atom. The van der Waals surface area contributed by atoms with E-state index in [1.807, 2.05) is 0 Å². The molecule has 0 bridgehead atoms. The molecule has 0 aromatic rings. The van der Waals surface area contributed by atoms with Gasteiger partial charge in [0.1, 0.15) is 0 Å². The summed E-state index contributed by atoms with van der Waals surface area (Å²) in [4.78, 5) is 0. The van der Waals surface area contributed by atoms with Crippen LogP contribution in [0.15, 0.2) is 24.2 Å². The Bertz CT molecular complexity index is 157. The van der Waals surface area contributed by atoms with Crippen LogP contribution in [0, 0.1) is 0 Å². The van der Waals surface area contributed by atoms with Crippen molar-refractivity contribution >= 4 is 9.47 Å². The smallest absolute Gasteiger partial charge is 0.189 e. The molecule has 0 radical (unpaired) electrons. The molecule has 4 heteroatoms. The number of hydrogen-bond donors (Lipinski definition) is 1. The van der Waals surface area contributed by atoms with E-state index >= 15 is 0 Å². The fraction of sp³-hybridized carbons (Fsp3) is 0.200. The molecule has 50 valence electrons. The van der Waals surface area contributed by atoms with Crippen LogP contribution in [-0.4, -0.2) is 6.23 Å². The van der Waals surface area contributed by atoms with Crippen LogP contribution in [0.25, 0.3) is 0 Å². The largest absolute Gasteiger partial charge is 0.339 e. The molecule has 0 aliphatic carbocycles. The fourth-order valence-corrected chi connectivity index (χ4v) is 0.711. The second-order valence-electron chi connectivity index (χ2n) is 1.60. The van der Waals surface area contributed by atoms with Crippen LogP contribution in [0.1, 0.15) is 0 Å². The number of allylic oxidation sites excluding steroid dienone is 2. The monoisotopic (exact) mass is 147 g/mol. The normalized spacial score (nSPS) is 25.1. The third kappa shape index (κ3) is 1.77. The van der Waals surface area contributed by atoms with Crippen molar-refractivity contribution in [2.75, 3.05) is 0 Å². The number of hydrogen-bond acceptors (Lipinski definition) is 2. The van der Waals surface area contributed by atoms with Crippen molar-refractivity contribution in [3.05, 3.63) is 24.2 Å². The molecule has 0 fully saturated rings. The van der Waals surface area contributed by atoms with E-state index < -0.39 is 0 Å². The van der Waals surface area contributed by atoms with Gasteiger partial charge < -0.3 is 9.84 Å². The summed E-state index contributed by atoms with van der Waals surface area (Å²) in [6.07, 6.45) is 4.29. The standard InChI is InChI=1S/C5H7FNOP/c6-4-2-1-3-5(7-4)8-9/h1-3,5,7H,9H2. The quantitative estimate of drug-likeness (QED) is 0.442. The number of nitrogens with one attached hydrogen (secondary N) is 1. The van der Waals surface area contributed by atoms with Crippen LogP contribution in [0.4, 0.5) is 4.39 Å². The van der Waals surface area contributed by atoms with Gasteiger partial charge in [-0.1, -0.05) is 6.08 Å². The zero-order valence-electron chi connectivity index (χ0n) is 4.67. The van der Waals surface area contributed by atoms with Crippen LogP contribution in [0.5, 0.6) is 0 Å². The highest BCUT2D eigenvalue weighted by molar-refractivity contribution is 7.09. The molecule has 2 atom stereocenters. The lowest BCUT2D eigenvalue weighted by Crippen LogP contribution is -2.26. The molecule has 2 unspecified atom stereocenters. The maximum absolute atomic E-state index is 12.2. The summed E-state index contributed by atoms with van der Waals surface area (Å²) in [6.45, 7) is 0. The molecule has 1 rings (SSSR count). The predicted octanol–water partition coefficient (Wildman–Crippen LogP) is 1.09. The molecule has 0 saturated heterocycles. The van der Waals surface area contributed by atoms with Gasteiger partial charge in [-0.2, -0.15) is 4.39 Å². The summed E-state index contributed by atoms with van der Waals surface area (Å²) in [7, 11) is 2.06. The molecular weight excluding hydrogens is 140 g/mol. The summed E-state index contributed by atoms with van der Waals surface area (Å²) >= 11 is 0. The summed E-state index contributed by atoms with van der Waals surface area (Å²) in [5, 5.41) is 2.43. The Kier molecular flexibility index (Phi) is 2.20. The molecule has 1 N–H and O–H groups in total. The topological polar surface area (TPSA) is 21.3 Å². The number of rotatable bonds is 1. The fourth-order valence-electron chi connectivity index (χ4n) is 0.552. The van der Waals surface area contributed by atoms with Gasteiger partial charge in [-0.15, -0.1) is 0 Å². The Hall–Kier alpha value is -0.400. The molecular formula is C5H7FNOP. The van der Waals surface area contributed by atoms with Crippen molar-refractivity contribution in [3.8, 4) is 0 Å². The van der Waals surface area contributed by atoms with Gasteiger partial charge in [-0.3, -0.25) is 0 Å². The van der Waals surface area contributed by atoms with E-state index in [0.29, 0.717) is 0 Å². The predicted molar refractivity (Wildman–Crippen MR) is 36.0 cm³/mol. The van der Waals surface area contributed by atoms with Gasteiger partial charge in [0.05, 0.1) is 0 Å². The van der Waals surface area contributed by atoms with E-state index in [-0.39, 0.29) is 12.2 Å². The van der Waals surface area contributed by atoms with Gasteiger partial charge in [0.2, 0.25) is 0 Å². The zero-order valence-corrected chi connectivity index (χ0v) is 5.83. The summed E-state index contributed by atoms with van der Waals surface area (Å²) in [6, 6.07) is 0. The van der Waals surface area contributed by atoms with Crippen LogP contribution in [0.2, 0.25) is 0 Å². The average Bonchev–Trinajstić information content (AvgIpc) is 1.88. The van der Waals surface area contributed by atoms with Crippen molar-refractivity contribution in [3.63, 3.8) is 0 Å². The van der Waals surface area contributed by atoms with Crippen LogP contribution >= 0.6 is 9.47 Å². The first-order valence-electron chi connectivity index (χ1n) is 2.49. The lowest BCUT2D eigenvalue weighted by Gasteiger charge is -2.14. The molecule has 0 aromatic carbocycles. The second-order valence-corrected chi connectivity index (χ2v) is 1.87. The molecule has 0 amide bonds. The lowest BCUT2D eigenvalue weighted by atomic mass is 10.4. The zero-order chi connectivity index (χ0) is 6.69. The van der Waals surface area contributed by atoms with Crippen molar-refractivity contribution < 1.29 is 8.91 Å². The summed E-state index contributed by atoms with van der Waals surface area (Å²) in [5.41, 5.74) is 0. The van der Waals surface area contributed by atoms with Gasteiger partial charge in [-0.05, 0) is 12.2 Å². The molecule has 0 spiro atoms. The maximum atomic E-state index is 12.2. The van der Waals surface area contributed by atoms with Crippen molar-refractivity contribution in [1.29, 1.82) is 0 Å². The molecule has 2 nitrogen and oxygen atoms in total. The highest BCUT2D eigenvalue weighted by Crippen LogP contribution is 2.05. The average molecular weight is 147 g/mol. The number of halogens is 1. The van der Waals surface area contributed by atoms with E-state index in [9.17, 15) is 4.39 Å². The minimum absolute atomic E-state index is 0.347. The van der Waals surface area contributed by atoms with Gasteiger partial charge in [0, 0.05) is 9.47 Å². The Morgan fingerprint density at radius 1 is 1.78 bits per heavy atom. The van der Waals surface area contributed by atoms with E-state index in [4.69, 9.17) is 4.52 Å². The van der Waals surface area contributed by atoms with Gasteiger partial charge in [-0.25, -0.2) is 0 Å². The first kappa shape index (κ1) is 6.72. The molecule has 1 heterocycles. The Labute approximate surface area is 55.1 Å². The lowest BCUT2D eigenvalue weighted by molar-refractivity contribution is 0.245. The molecule has 1 aliphatic rings. The first-order valence-corrected chi connectivity index (χ1v) is 2.96. The Balaban J connectivity index is 2.51. The molecule has 1 aliphatic heterocycles. The summed E-state index contributed by atoms with van der Waals surface area (Å²) in [5.74, 6) is -0.370. The van der Waals surface area contributed by atoms with E-state index in [1.165, 1.54) is 6.08 Å². The highest BCUT2D eigenvalue weighted by atomic mass is 31.0. The van der Waals surface area contributed by atoms with Gasteiger partial charge >= 0.3 is 0 Å². The van der Waals surface area contributed by atoms with Crippen LogP contribution < -0.4 is 5.32 Å². The van der Waals surface area contributed by atoms with E-state index in [1.54, 1.807) is 12.2 Å². The van der Waals surface area contributed by atoms with Crippen molar-refractivity contribution in [1.82, 2.24) is 5.32 Å². The van der Waals surface area contributed by atoms with Gasteiger partial charge in [0.15, 0.2) is 12.2 Å². The molecule has 0 aromatic heterocycles. The molecule has 9 heavy (non-hydrogen) atoms.